The van der Waals surface area contributed by atoms with Crippen molar-refractivity contribution >= 4 is 55.7 Å². The summed E-state index contributed by atoms with van der Waals surface area (Å²) in [7, 11) is -4.05. The lowest BCUT2D eigenvalue weighted by atomic mass is 10.0. The number of sulfonamides is 1. The van der Waals surface area contributed by atoms with Crippen LogP contribution in [0, 0.1) is 5.92 Å². The summed E-state index contributed by atoms with van der Waals surface area (Å²) in [6, 6.07) is 9.11. The van der Waals surface area contributed by atoms with Gasteiger partial charge in [0.15, 0.2) is 5.82 Å². The number of carbonyl (C=O) groups is 4. The molecule has 2 aliphatic heterocycles. The minimum Gasteiger partial charge on any atom is -0.470 e. The number of aromatic nitrogens is 2. The first-order chi connectivity index (χ1) is 28.0. The van der Waals surface area contributed by atoms with Gasteiger partial charge in [0.2, 0.25) is 33.3 Å². The van der Waals surface area contributed by atoms with E-state index in [0.717, 1.165) is 25.0 Å². The van der Waals surface area contributed by atoms with Gasteiger partial charge in [-0.05, 0) is 69.7 Å². The highest BCUT2D eigenvalue weighted by atomic mass is 32.2. The molecule has 2 saturated carbocycles. The van der Waals surface area contributed by atoms with Gasteiger partial charge in [0.1, 0.15) is 34.8 Å². The highest BCUT2D eigenvalue weighted by Gasteiger charge is 2.63. The lowest BCUT2D eigenvalue weighted by Gasteiger charge is -2.29. The van der Waals surface area contributed by atoms with Crippen LogP contribution in [0.5, 0.6) is 5.88 Å². The zero-order valence-electron chi connectivity index (χ0n) is 32.3. The van der Waals surface area contributed by atoms with Crippen LogP contribution in [0.2, 0.25) is 0 Å². The number of halogens is 3. The average molecular weight is 837 g/mol. The van der Waals surface area contributed by atoms with Crippen LogP contribution in [0.25, 0.3) is 33.5 Å². The first kappa shape index (κ1) is 40.3. The smallest absolute Gasteiger partial charge is 0.416 e. The molecule has 2 aromatic carbocycles. The number of fused-ring (bicyclic) bond motifs is 5. The van der Waals surface area contributed by atoms with Crippen molar-refractivity contribution in [1.29, 1.82) is 0 Å². The summed E-state index contributed by atoms with van der Waals surface area (Å²) in [5, 5.41) is 6.14. The lowest BCUT2D eigenvalue weighted by molar-refractivity contribution is -0.142. The second-order valence-corrected chi connectivity index (χ2v) is 18.4. The van der Waals surface area contributed by atoms with E-state index in [2.05, 4.69) is 25.3 Å². The van der Waals surface area contributed by atoms with Crippen molar-refractivity contribution in [2.24, 2.45) is 5.92 Å². The van der Waals surface area contributed by atoms with E-state index in [-0.39, 0.29) is 42.2 Å². The number of nitrogens with zero attached hydrogens (tertiary/aromatic N) is 3. The molecular weight excluding hydrogens is 794 g/mol. The molecule has 8 rings (SSSR count). The van der Waals surface area contributed by atoms with Crippen LogP contribution in [-0.4, -0.2) is 81.9 Å². The fourth-order valence-electron chi connectivity index (χ4n) is 7.93. The van der Waals surface area contributed by atoms with E-state index in [1.807, 2.05) is 12.2 Å². The molecule has 4 aliphatic rings. The van der Waals surface area contributed by atoms with E-state index in [4.69, 9.17) is 9.15 Å². The van der Waals surface area contributed by atoms with E-state index in [1.165, 1.54) is 24.0 Å². The Bertz CT molecular complexity index is 2490. The number of carbonyl (C=O) groups excluding carboxylic acids is 4. The third kappa shape index (κ3) is 7.85. The molecular formula is C41H43F3N6O8S. The van der Waals surface area contributed by atoms with Crippen LogP contribution >= 0.6 is 0 Å². The van der Waals surface area contributed by atoms with Crippen LogP contribution in [-0.2, 0) is 35.4 Å². The van der Waals surface area contributed by atoms with E-state index in [0.29, 0.717) is 48.6 Å². The van der Waals surface area contributed by atoms with Crippen LogP contribution in [0.3, 0.4) is 0 Å². The molecule has 3 N–H and O–H groups in total. The standard InChI is InChI=1S/C41H43F3N6O8S/c1-23(51)45-29-12-7-5-3-4-6-10-26-21-40(26,38(54)49-59(55,56)39(2)18-19-39)48-35(52)30-20-27(22-50(30)37(29)53)57-36-33-32(28-11-8-9-13-31(28)58-33)46-34(47-36)24-14-16-25(17-15-24)41(42,43)44/h6,8-11,13-17,26-27,29-30H,3-5,7,12,18-22H2,1-2H3,(H,45,51)(H,48,52)(H,49,54)/t26-,27-,29+,30+,40-/m1/s1. The SMILES string of the molecule is CC(=O)N[C@H]1CCCCCC=C[C@@H]2C[C@@]2(C(=O)NS(=O)(=O)C2(C)CC2)NC(=O)[C@@H]2C[C@@H](Oc3nc(-c4ccc(C(F)(F)F)cc4)nc4c3oc3ccccc34)CN2C1=O. The molecule has 5 atom stereocenters. The quantitative estimate of drug-likeness (QED) is 0.206. The number of para-hydroxylation sites is 1. The number of allylic oxidation sites excluding steroid dienone is 1. The van der Waals surface area contributed by atoms with Gasteiger partial charge in [0.25, 0.3) is 11.8 Å². The zero-order chi connectivity index (χ0) is 41.9. The summed E-state index contributed by atoms with van der Waals surface area (Å²) in [5.41, 5.74) is -1.30. The van der Waals surface area contributed by atoms with Gasteiger partial charge >= 0.3 is 6.18 Å². The third-order valence-electron chi connectivity index (χ3n) is 11.8. The summed E-state index contributed by atoms with van der Waals surface area (Å²) >= 11 is 0. The molecule has 2 aromatic heterocycles. The van der Waals surface area contributed by atoms with E-state index >= 15 is 0 Å². The number of furan rings is 1. The summed E-state index contributed by atoms with van der Waals surface area (Å²) in [5.74, 6) is -3.11. The Balaban J connectivity index is 1.14. The largest absolute Gasteiger partial charge is 0.470 e. The van der Waals surface area contributed by atoms with Gasteiger partial charge in [0.05, 0.1) is 16.9 Å². The van der Waals surface area contributed by atoms with Crippen LogP contribution in [0.4, 0.5) is 13.2 Å². The molecule has 0 spiro atoms. The van der Waals surface area contributed by atoms with Gasteiger partial charge in [0, 0.05) is 30.2 Å². The van der Waals surface area contributed by atoms with Crippen molar-refractivity contribution < 1.29 is 49.9 Å². The predicted octanol–water partition coefficient (Wildman–Crippen LogP) is 5.31. The van der Waals surface area contributed by atoms with Gasteiger partial charge in [-0.2, -0.15) is 18.2 Å². The Hall–Kier alpha value is -5.52. The highest BCUT2D eigenvalue weighted by molar-refractivity contribution is 7.91. The van der Waals surface area contributed by atoms with Crippen LogP contribution in [0.15, 0.2) is 65.1 Å². The summed E-state index contributed by atoms with van der Waals surface area (Å²) in [6.45, 7) is 2.68. The maximum Gasteiger partial charge on any atom is 0.416 e. The van der Waals surface area contributed by atoms with Gasteiger partial charge in [-0.25, -0.2) is 13.4 Å². The molecule has 1 saturated heterocycles. The number of nitrogens with one attached hydrogen (secondary N) is 3. The fraction of sp³-hybridized carbons (Fsp3) is 0.463. The molecule has 14 nitrogen and oxygen atoms in total. The molecule has 0 unspecified atom stereocenters. The average Bonchev–Trinajstić information content (AvgIpc) is 4.01. The van der Waals surface area contributed by atoms with Gasteiger partial charge in [-0.15, -0.1) is 0 Å². The topological polar surface area (TPSA) is 190 Å². The number of amides is 4. The normalized spacial score (nSPS) is 25.9. The van der Waals surface area contributed by atoms with Crippen molar-refractivity contribution in [1.82, 2.24) is 30.2 Å². The van der Waals surface area contributed by atoms with Crippen molar-refractivity contribution in [3.05, 3.63) is 66.2 Å². The molecule has 3 fully saturated rings. The van der Waals surface area contributed by atoms with Crippen molar-refractivity contribution in [3.63, 3.8) is 0 Å². The minimum absolute atomic E-state index is 0.0379. The third-order valence-corrected chi connectivity index (χ3v) is 13.9. The number of rotatable bonds is 7. The maximum absolute atomic E-state index is 14.5. The van der Waals surface area contributed by atoms with E-state index in [1.54, 1.807) is 31.2 Å². The van der Waals surface area contributed by atoms with Gasteiger partial charge in [-0.1, -0.05) is 49.3 Å². The Morgan fingerprint density at radius 1 is 1.03 bits per heavy atom. The number of hydrogen-bond donors (Lipinski definition) is 3. The fourth-order valence-corrected chi connectivity index (χ4v) is 9.24. The zero-order valence-corrected chi connectivity index (χ0v) is 33.1. The predicted molar refractivity (Wildman–Crippen MR) is 208 cm³/mol. The second kappa shape index (κ2) is 14.9. The Kier molecular flexibility index (Phi) is 10.2. The number of alkyl halides is 3. The minimum atomic E-state index is -4.56. The molecule has 59 heavy (non-hydrogen) atoms. The monoisotopic (exact) mass is 836 g/mol. The molecule has 4 amide bonds. The Labute approximate surface area is 337 Å². The molecule has 0 radical (unpaired) electrons. The Morgan fingerprint density at radius 2 is 1.78 bits per heavy atom. The molecule has 0 bridgehead atoms. The van der Waals surface area contributed by atoms with Crippen molar-refractivity contribution in [3.8, 4) is 17.3 Å². The molecule has 18 heteroatoms. The Morgan fingerprint density at radius 3 is 2.49 bits per heavy atom. The molecule has 4 heterocycles. The second-order valence-electron chi connectivity index (χ2n) is 16.2. The molecule has 312 valence electrons. The lowest BCUT2D eigenvalue weighted by Crippen LogP contribution is -2.58. The van der Waals surface area contributed by atoms with Gasteiger partial charge < -0.3 is 24.7 Å². The first-order valence-corrected chi connectivity index (χ1v) is 21.1. The first-order valence-electron chi connectivity index (χ1n) is 19.6. The summed E-state index contributed by atoms with van der Waals surface area (Å²) in [4.78, 5) is 65.6. The number of hydrogen-bond acceptors (Lipinski definition) is 10. The van der Waals surface area contributed by atoms with Crippen LogP contribution in [0.1, 0.15) is 77.2 Å². The highest BCUT2D eigenvalue weighted by Crippen LogP contribution is 2.48. The molecule has 4 aromatic rings. The van der Waals surface area contributed by atoms with Gasteiger partial charge in [-0.3, -0.25) is 23.9 Å². The molecule has 2 aliphatic carbocycles. The number of ether oxygens (including phenoxy) is 1. The van der Waals surface area contributed by atoms with E-state index < -0.39 is 79.8 Å². The summed E-state index contributed by atoms with van der Waals surface area (Å²) < 4.78 is 80.3. The maximum atomic E-state index is 14.5. The van der Waals surface area contributed by atoms with Crippen LogP contribution < -0.4 is 20.1 Å². The summed E-state index contributed by atoms with van der Waals surface area (Å²) in [6.07, 6.45) is 2.10. The van der Waals surface area contributed by atoms with Crippen molar-refractivity contribution in [2.75, 3.05) is 6.54 Å². The number of benzene rings is 2. The van der Waals surface area contributed by atoms with E-state index in [9.17, 15) is 40.8 Å². The van der Waals surface area contributed by atoms with Crippen molar-refractivity contribution in [2.45, 2.75) is 106 Å².